The Morgan fingerprint density at radius 2 is 2.02 bits per heavy atom. The van der Waals surface area contributed by atoms with Crippen LogP contribution in [0.1, 0.15) is 35.2 Å². The number of amides is 2. The van der Waals surface area contributed by atoms with E-state index in [4.69, 9.17) is 14.2 Å². The zero-order valence-corrected chi connectivity index (χ0v) is 25.0. The van der Waals surface area contributed by atoms with Crippen LogP contribution in [0.2, 0.25) is 0 Å². The number of hydrogen-bond acceptors (Lipinski definition) is 8. The Bertz CT molecular complexity index is 1250. The first-order valence-corrected chi connectivity index (χ1v) is 14.6. The molecule has 2 aromatic rings. The molecule has 0 bridgehead atoms. The van der Waals surface area contributed by atoms with Gasteiger partial charge in [0.05, 0.1) is 35.9 Å². The average Bonchev–Trinajstić information content (AvgIpc) is 3.50. The van der Waals surface area contributed by atoms with E-state index in [0.29, 0.717) is 39.1 Å². The minimum atomic E-state index is -1.20. The number of carbonyl (C=O) groups excluding carboxylic acids is 3. The number of aliphatic hydroxyl groups is 2. The monoisotopic (exact) mass is 678 g/mol. The Kier molecular flexibility index (Phi) is 11.1. The fourth-order valence-corrected chi connectivity index (χ4v) is 5.89. The van der Waals surface area contributed by atoms with Gasteiger partial charge in [-0.15, -0.1) is 0 Å². The number of hydrogen-bond donors (Lipinski definition) is 3. The van der Waals surface area contributed by atoms with E-state index in [9.17, 15) is 24.6 Å². The van der Waals surface area contributed by atoms with E-state index in [1.165, 1.54) is 13.2 Å². The summed E-state index contributed by atoms with van der Waals surface area (Å²) in [6, 6.07) is 11.7. The van der Waals surface area contributed by atoms with Crippen molar-refractivity contribution in [2.75, 3.05) is 33.4 Å². The maximum absolute atomic E-state index is 13.8. The first-order chi connectivity index (χ1) is 19.8. The molecule has 0 aromatic heterocycles. The number of aliphatic hydroxyl groups excluding tert-OH is 2. The van der Waals surface area contributed by atoms with Gasteiger partial charge in [-0.2, -0.15) is 0 Å². The second kappa shape index (κ2) is 14.8. The molecule has 1 aliphatic carbocycles. The van der Waals surface area contributed by atoms with Crippen molar-refractivity contribution in [2.45, 2.75) is 50.0 Å². The third kappa shape index (κ3) is 7.85. The predicted molar refractivity (Wildman–Crippen MR) is 159 cm³/mol. The lowest BCUT2D eigenvalue weighted by molar-refractivity contribution is -0.140. The van der Waals surface area contributed by atoms with Crippen LogP contribution in [-0.2, 0) is 20.7 Å². The third-order valence-corrected chi connectivity index (χ3v) is 8.00. The average molecular weight is 679 g/mol. The molecule has 0 saturated carbocycles. The van der Waals surface area contributed by atoms with Crippen LogP contribution in [0.25, 0.3) is 0 Å². The highest BCUT2D eigenvalue weighted by Gasteiger charge is 2.42. The van der Waals surface area contributed by atoms with Gasteiger partial charge in [0.15, 0.2) is 11.5 Å². The summed E-state index contributed by atoms with van der Waals surface area (Å²) in [4.78, 5) is 39.9. The van der Waals surface area contributed by atoms with Crippen LogP contribution in [0.5, 0.6) is 11.5 Å². The number of rotatable bonds is 12. The molecule has 2 aliphatic rings. The van der Waals surface area contributed by atoms with Gasteiger partial charge in [0.25, 0.3) is 0 Å². The molecular weight excluding hydrogens is 643 g/mol. The summed E-state index contributed by atoms with van der Waals surface area (Å²) in [6.45, 7) is 0.694. The molecule has 0 radical (unpaired) electrons. The van der Waals surface area contributed by atoms with E-state index in [1.54, 1.807) is 17.0 Å². The minimum absolute atomic E-state index is 0.0559. The van der Waals surface area contributed by atoms with Crippen LogP contribution >= 0.6 is 22.6 Å². The molecule has 1 fully saturated rings. The molecular formula is C30H35IN2O8. The number of halogens is 1. The Hall–Kier alpha value is -3.00. The topological polar surface area (TPSA) is 135 Å². The van der Waals surface area contributed by atoms with Crippen LogP contribution < -0.4 is 14.8 Å². The van der Waals surface area contributed by atoms with E-state index < -0.39 is 24.2 Å². The van der Waals surface area contributed by atoms with Crippen LogP contribution in [0.15, 0.2) is 54.1 Å². The van der Waals surface area contributed by atoms with Crippen molar-refractivity contribution in [3.05, 3.63) is 68.8 Å². The quantitative estimate of drug-likeness (QED) is 0.230. The van der Waals surface area contributed by atoms with Crippen molar-refractivity contribution in [3.63, 3.8) is 0 Å². The van der Waals surface area contributed by atoms with Gasteiger partial charge in [-0.1, -0.05) is 30.3 Å². The van der Waals surface area contributed by atoms with E-state index in [0.717, 1.165) is 18.4 Å². The number of nitrogens with zero attached hydrogens (tertiary/aromatic N) is 1. The zero-order chi connectivity index (χ0) is 29.4. The molecule has 0 unspecified atom stereocenters. The van der Waals surface area contributed by atoms with Crippen molar-refractivity contribution in [3.8, 4) is 11.5 Å². The number of aldehydes is 1. The predicted octanol–water partition coefficient (Wildman–Crippen LogP) is 2.28. The summed E-state index contributed by atoms with van der Waals surface area (Å²) in [6.07, 6.45) is 1.72. The third-order valence-electron chi connectivity index (χ3n) is 7.20. The van der Waals surface area contributed by atoms with E-state index in [-0.39, 0.29) is 44.5 Å². The van der Waals surface area contributed by atoms with Crippen LogP contribution in [0.3, 0.4) is 0 Å². The summed E-state index contributed by atoms with van der Waals surface area (Å²) >= 11 is 2.02. The molecule has 4 atom stereocenters. The fourth-order valence-electron chi connectivity index (χ4n) is 5.14. The van der Waals surface area contributed by atoms with Gasteiger partial charge in [0.1, 0.15) is 18.5 Å². The summed E-state index contributed by atoms with van der Waals surface area (Å²) in [5.74, 6) is -0.0236. The highest BCUT2D eigenvalue weighted by Crippen LogP contribution is 2.37. The lowest BCUT2D eigenvalue weighted by Crippen LogP contribution is -2.57. The summed E-state index contributed by atoms with van der Waals surface area (Å²) in [5.41, 5.74) is 1.55. The molecule has 4 rings (SSSR count). The molecule has 41 heavy (non-hydrogen) atoms. The van der Waals surface area contributed by atoms with Crippen molar-refractivity contribution in [1.29, 1.82) is 0 Å². The summed E-state index contributed by atoms with van der Waals surface area (Å²) in [5, 5.41) is 23.6. The van der Waals surface area contributed by atoms with Gasteiger partial charge in [-0.25, -0.2) is 0 Å². The van der Waals surface area contributed by atoms with Gasteiger partial charge in [0.2, 0.25) is 11.8 Å². The van der Waals surface area contributed by atoms with Crippen LogP contribution in [0, 0.1) is 3.57 Å². The Balaban J connectivity index is 1.69. The smallest absolute Gasteiger partial charge is 0.247 e. The Labute approximate surface area is 252 Å². The van der Waals surface area contributed by atoms with Gasteiger partial charge in [-0.05, 0) is 59.2 Å². The second-order valence-corrected chi connectivity index (χ2v) is 11.2. The van der Waals surface area contributed by atoms with Gasteiger partial charge in [-0.3, -0.25) is 14.4 Å². The van der Waals surface area contributed by atoms with Crippen molar-refractivity contribution >= 4 is 40.7 Å². The summed E-state index contributed by atoms with van der Waals surface area (Å²) in [7, 11) is 1.45. The van der Waals surface area contributed by atoms with Gasteiger partial charge >= 0.3 is 0 Å². The Morgan fingerprint density at radius 3 is 2.68 bits per heavy atom. The second-order valence-electron chi connectivity index (χ2n) is 10.0. The Morgan fingerprint density at radius 1 is 1.24 bits per heavy atom. The van der Waals surface area contributed by atoms with Gasteiger partial charge < -0.3 is 34.6 Å². The SMILES string of the molecule is COc1cc(C=O)cc(I)c1O[C@H]1C=C(C(=O)NCCO)C[C@@H](N(C[C@H]2CCCO2)C(=O)Cc2ccccc2)[C@@H]1O. The minimum Gasteiger partial charge on any atom is -0.493 e. The maximum atomic E-state index is 13.8. The number of carbonyl (C=O) groups is 3. The number of benzene rings is 2. The first kappa shape index (κ1) is 30.9. The van der Waals surface area contributed by atoms with Crippen molar-refractivity contribution in [2.24, 2.45) is 0 Å². The number of nitrogens with one attached hydrogen (secondary N) is 1. The largest absolute Gasteiger partial charge is 0.493 e. The molecule has 2 aromatic carbocycles. The molecule has 1 aliphatic heterocycles. The molecule has 3 N–H and O–H groups in total. The maximum Gasteiger partial charge on any atom is 0.247 e. The lowest BCUT2D eigenvalue weighted by Gasteiger charge is -2.41. The zero-order valence-electron chi connectivity index (χ0n) is 22.8. The number of ether oxygens (including phenoxy) is 3. The van der Waals surface area contributed by atoms with Crippen molar-refractivity contribution < 1.29 is 38.8 Å². The van der Waals surface area contributed by atoms with Gasteiger partial charge in [0, 0.05) is 37.3 Å². The van der Waals surface area contributed by atoms with E-state index >= 15 is 0 Å². The molecule has 2 amide bonds. The molecule has 11 heteroatoms. The first-order valence-electron chi connectivity index (χ1n) is 13.6. The van der Waals surface area contributed by atoms with E-state index in [2.05, 4.69) is 5.32 Å². The normalized spacial score (nSPS) is 22.0. The summed E-state index contributed by atoms with van der Waals surface area (Å²) < 4.78 is 18.2. The molecule has 1 saturated heterocycles. The highest BCUT2D eigenvalue weighted by atomic mass is 127. The molecule has 0 spiro atoms. The lowest BCUT2D eigenvalue weighted by atomic mass is 9.87. The van der Waals surface area contributed by atoms with E-state index in [1.807, 2.05) is 52.9 Å². The highest BCUT2D eigenvalue weighted by molar-refractivity contribution is 14.1. The fraction of sp³-hybridized carbons (Fsp3) is 0.433. The molecule has 10 nitrogen and oxygen atoms in total. The number of methoxy groups -OCH3 is 1. The standard InChI is InChI=1S/C30H35IN2O8/c1-39-26-13-20(18-35)12-23(31)29(26)41-25-16-21(30(38)32-9-10-34)15-24(28(25)37)33(17-22-8-5-11-40-22)27(36)14-19-6-3-2-4-7-19/h2-4,6-7,12-13,16,18,22,24-25,28,34,37H,5,8-11,14-15,17H2,1H3,(H,32,38)/t22-,24-,25+,28+/m1/s1. The molecule has 220 valence electrons. The van der Waals surface area contributed by atoms with Crippen LogP contribution in [0.4, 0.5) is 0 Å². The van der Waals surface area contributed by atoms with Crippen molar-refractivity contribution in [1.82, 2.24) is 10.2 Å². The molecule has 1 heterocycles. The van der Waals surface area contributed by atoms with Crippen LogP contribution in [-0.4, -0.2) is 91.0 Å².